The average Bonchev–Trinajstić information content (AvgIpc) is 3.40. The number of thioether (sulfide) groups is 2. The van der Waals surface area contributed by atoms with Crippen LogP contribution in [0.3, 0.4) is 0 Å². The van der Waals surface area contributed by atoms with Crippen LogP contribution in [0.4, 0.5) is 0 Å². The van der Waals surface area contributed by atoms with E-state index in [0.29, 0.717) is 18.2 Å². The zero-order chi connectivity index (χ0) is 17.5. The summed E-state index contributed by atoms with van der Waals surface area (Å²) in [5, 5.41) is 12.4. The highest BCUT2D eigenvalue weighted by molar-refractivity contribution is 7.99. The molecule has 0 saturated heterocycles. The summed E-state index contributed by atoms with van der Waals surface area (Å²) in [7, 11) is 0. The fourth-order valence-electron chi connectivity index (χ4n) is 2.54. The van der Waals surface area contributed by atoms with E-state index >= 15 is 0 Å². The Labute approximate surface area is 157 Å². The predicted octanol–water partition coefficient (Wildman–Crippen LogP) is 3.57. The van der Waals surface area contributed by atoms with E-state index in [1.165, 1.54) is 29.5 Å². The van der Waals surface area contributed by atoms with E-state index in [1.807, 2.05) is 30.0 Å². The molecule has 1 aromatic carbocycles. The van der Waals surface area contributed by atoms with E-state index in [0.717, 1.165) is 29.7 Å². The van der Waals surface area contributed by atoms with Crippen LogP contribution in [0.2, 0.25) is 0 Å². The van der Waals surface area contributed by atoms with Gasteiger partial charge >= 0.3 is 0 Å². The third-order valence-corrected chi connectivity index (χ3v) is 6.06. The molecule has 1 aliphatic carbocycles. The Bertz CT molecular complexity index is 686. The van der Waals surface area contributed by atoms with E-state index in [-0.39, 0.29) is 5.91 Å². The van der Waals surface area contributed by atoms with Crippen molar-refractivity contribution in [3.8, 4) is 0 Å². The lowest BCUT2D eigenvalue weighted by Gasteiger charge is -2.07. The Morgan fingerprint density at radius 1 is 1.24 bits per heavy atom. The van der Waals surface area contributed by atoms with Gasteiger partial charge in [0.25, 0.3) is 0 Å². The van der Waals surface area contributed by atoms with Crippen LogP contribution in [-0.4, -0.2) is 38.7 Å². The molecule has 1 amide bonds. The van der Waals surface area contributed by atoms with Crippen LogP contribution in [-0.2, 0) is 11.3 Å². The first-order valence-electron chi connectivity index (χ1n) is 8.78. The lowest BCUT2D eigenvalue weighted by atomic mass is 10.4. The van der Waals surface area contributed by atoms with E-state index in [4.69, 9.17) is 0 Å². The molecule has 1 fully saturated rings. The molecule has 5 nitrogen and oxygen atoms in total. The SMILES string of the molecule is CCn1c(SCC(=O)NCCCSc2ccccc2)nnc1C1CC1. The molecule has 7 heteroatoms. The smallest absolute Gasteiger partial charge is 0.230 e. The second-order valence-corrected chi connectivity index (χ2v) is 8.12. The van der Waals surface area contributed by atoms with E-state index in [2.05, 4.69) is 39.1 Å². The van der Waals surface area contributed by atoms with Crippen molar-refractivity contribution in [2.75, 3.05) is 18.1 Å². The molecular formula is C18H24N4OS2. The van der Waals surface area contributed by atoms with Gasteiger partial charge in [0.15, 0.2) is 5.16 Å². The van der Waals surface area contributed by atoms with Crippen molar-refractivity contribution >= 4 is 29.4 Å². The van der Waals surface area contributed by atoms with Crippen LogP contribution in [0.5, 0.6) is 0 Å². The Morgan fingerprint density at radius 2 is 2.04 bits per heavy atom. The zero-order valence-corrected chi connectivity index (χ0v) is 16.1. The number of rotatable bonds is 10. The van der Waals surface area contributed by atoms with Crippen molar-refractivity contribution in [3.63, 3.8) is 0 Å². The van der Waals surface area contributed by atoms with Crippen molar-refractivity contribution in [2.24, 2.45) is 0 Å². The maximum absolute atomic E-state index is 12.0. The van der Waals surface area contributed by atoms with Crippen molar-refractivity contribution < 1.29 is 4.79 Å². The summed E-state index contributed by atoms with van der Waals surface area (Å²) in [5.74, 6) is 3.13. The molecular weight excluding hydrogens is 352 g/mol. The summed E-state index contributed by atoms with van der Waals surface area (Å²) in [6.45, 7) is 3.68. The second kappa shape index (κ2) is 9.29. The molecule has 2 aromatic rings. The van der Waals surface area contributed by atoms with Gasteiger partial charge in [0, 0.05) is 23.9 Å². The summed E-state index contributed by atoms with van der Waals surface area (Å²) >= 11 is 3.30. The van der Waals surface area contributed by atoms with Crippen LogP contribution in [0.25, 0.3) is 0 Å². The summed E-state index contributed by atoms with van der Waals surface area (Å²) in [6.07, 6.45) is 3.39. The van der Waals surface area contributed by atoms with Gasteiger partial charge in [0.1, 0.15) is 5.82 Å². The summed E-state index contributed by atoms with van der Waals surface area (Å²) in [4.78, 5) is 13.3. The monoisotopic (exact) mass is 376 g/mol. The minimum absolute atomic E-state index is 0.0633. The van der Waals surface area contributed by atoms with Gasteiger partial charge in [-0.25, -0.2) is 0 Å². The van der Waals surface area contributed by atoms with Crippen LogP contribution in [0.15, 0.2) is 40.4 Å². The molecule has 25 heavy (non-hydrogen) atoms. The van der Waals surface area contributed by atoms with E-state index < -0.39 is 0 Å². The average molecular weight is 377 g/mol. The highest BCUT2D eigenvalue weighted by atomic mass is 32.2. The number of nitrogens with zero attached hydrogens (tertiary/aromatic N) is 3. The molecule has 0 bridgehead atoms. The molecule has 1 saturated carbocycles. The Morgan fingerprint density at radius 3 is 2.76 bits per heavy atom. The van der Waals surface area contributed by atoms with Gasteiger partial charge in [-0.15, -0.1) is 22.0 Å². The molecule has 3 rings (SSSR count). The third kappa shape index (κ3) is 5.51. The highest BCUT2D eigenvalue weighted by Gasteiger charge is 2.30. The molecule has 1 heterocycles. The third-order valence-electron chi connectivity index (χ3n) is 3.99. The number of carbonyl (C=O) groups is 1. The fourth-order valence-corrected chi connectivity index (χ4v) is 4.25. The maximum atomic E-state index is 12.0. The maximum Gasteiger partial charge on any atom is 0.230 e. The van der Waals surface area contributed by atoms with E-state index in [9.17, 15) is 4.79 Å². The normalized spacial score (nSPS) is 13.8. The van der Waals surface area contributed by atoms with Crippen molar-refractivity contribution in [2.45, 2.75) is 48.7 Å². The van der Waals surface area contributed by atoms with Crippen molar-refractivity contribution in [1.82, 2.24) is 20.1 Å². The quantitative estimate of drug-likeness (QED) is 0.507. The molecule has 0 atom stereocenters. The molecule has 0 unspecified atom stereocenters. The minimum atomic E-state index is 0.0633. The molecule has 134 valence electrons. The standard InChI is InChI=1S/C18H24N4OS2/c1-2-22-17(14-9-10-14)20-21-18(22)25-13-16(23)19-11-6-12-24-15-7-4-3-5-8-15/h3-5,7-8,14H,2,6,9-13H2,1H3,(H,19,23). The topological polar surface area (TPSA) is 59.8 Å². The van der Waals surface area contributed by atoms with Gasteiger partial charge in [-0.2, -0.15) is 0 Å². The van der Waals surface area contributed by atoms with Gasteiger partial charge in [-0.05, 0) is 44.1 Å². The first-order chi connectivity index (χ1) is 12.3. The Balaban J connectivity index is 1.33. The molecule has 1 N–H and O–H groups in total. The number of benzene rings is 1. The van der Waals surface area contributed by atoms with Gasteiger partial charge in [0.05, 0.1) is 5.75 Å². The number of aromatic nitrogens is 3. The number of hydrogen-bond donors (Lipinski definition) is 1. The van der Waals surface area contributed by atoms with Crippen LogP contribution >= 0.6 is 23.5 Å². The van der Waals surface area contributed by atoms with Crippen molar-refractivity contribution in [1.29, 1.82) is 0 Å². The summed E-state index contributed by atoms with van der Waals surface area (Å²) in [5.41, 5.74) is 0. The van der Waals surface area contributed by atoms with Crippen LogP contribution in [0.1, 0.15) is 37.9 Å². The molecule has 0 radical (unpaired) electrons. The van der Waals surface area contributed by atoms with Crippen LogP contribution in [0, 0.1) is 0 Å². The molecule has 1 aliphatic rings. The Hall–Kier alpha value is -1.47. The first kappa shape index (κ1) is 18.3. The number of carbonyl (C=O) groups excluding carboxylic acids is 1. The number of amides is 1. The zero-order valence-electron chi connectivity index (χ0n) is 14.5. The molecule has 0 spiro atoms. The second-order valence-electron chi connectivity index (χ2n) is 6.01. The van der Waals surface area contributed by atoms with Gasteiger partial charge < -0.3 is 9.88 Å². The molecule has 1 aromatic heterocycles. The van der Waals surface area contributed by atoms with Crippen LogP contribution < -0.4 is 5.32 Å². The van der Waals surface area contributed by atoms with Gasteiger partial charge in [-0.3, -0.25) is 4.79 Å². The summed E-state index contributed by atoms with van der Waals surface area (Å²) < 4.78 is 2.14. The Kier molecular flexibility index (Phi) is 6.81. The van der Waals surface area contributed by atoms with Crippen molar-refractivity contribution in [3.05, 3.63) is 36.2 Å². The van der Waals surface area contributed by atoms with E-state index in [1.54, 1.807) is 0 Å². The fraction of sp³-hybridized carbons (Fsp3) is 0.500. The number of nitrogens with one attached hydrogen (secondary N) is 1. The number of hydrogen-bond acceptors (Lipinski definition) is 5. The highest BCUT2D eigenvalue weighted by Crippen LogP contribution is 2.39. The lowest BCUT2D eigenvalue weighted by Crippen LogP contribution is -2.26. The largest absolute Gasteiger partial charge is 0.355 e. The minimum Gasteiger partial charge on any atom is -0.355 e. The lowest BCUT2D eigenvalue weighted by molar-refractivity contribution is -0.118. The summed E-state index contributed by atoms with van der Waals surface area (Å²) in [6, 6.07) is 10.3. The predicted molar refractivity (Wildman–Crippen MR) is 103 cm³/mol. The van der Waals surface area contributed by atoms with Gasteiger partial charge in [-0.1, -0.05) is 30.0 Å². The van der Waals surface area contributed by atoms with Gasteiger partial charge in [0.2, 0.25) is 5.91 Å². The first-order valence-corrected chi connectivity index (χ1v) is 10.8. The molecule has 0 aliphatic heterocycles.